The molecule has 0 atom stereocenters. The summed E-state index contributed by atoms with van der Waals surface area (Å²) in [5.41, 5.74) is 2.50. The average molecular weight is 170 g/mol. The Morgan fingerprint density at radius 3 is 2.64 bits per heavy atom. The maximum absolute atomic E-state index is 11.3. The van der Waals surface area contributed by atoms with E-state index in [1.54, 1.807) is 24.5 Å². The number of carbonyl (C=O) groups excluding carboxylic acids is 1. The highest BCUT2D eigenvalue weighted by atomic mass is 32.1. The third kappa shape index (κ3) is 1.57. The molecule has 0 saturated carbocycles. The standard InChI is InChI=1S/C7H10N2OS/c1-5-6(11-4-8-5)7(10)9(2)3/h4H,1-3H3. The predicted octanol–water partition coefficient (Wildman–Crippen LogP) is 1.15. The molecule has 0 aliphatic carbocycles. The van der Waals surface area contributed by atoms with Crippen LogP contribution in [0, 0.1) is 6.92 Å². The Bertz CT molecular complexity index is 267. The number of hydrogen-bond acceptors (Lipinski definition) is 3. The van der Waals surface area contributed by atoms with E-state index in [1.165, 1.54) is 11.3 Å². The van der Waals surface area contributed by atoms with Gasteiger partial charge in [-0.3, -0.25) is 4.79 Å². The molecule has 0 aliphatic heterocycles. The van der Waals surface area contributed by atoms with Crippen LogP contribution in [0.5, 0.6) is 0 Å². The molecule has 3 nitrogen and oxygen atoms in total. The summed E-state index contributed by atoms with van der Waals surface area (Å²) in [6, 6.07) is 0. The van der Waals surface area contributed by atoms with Crippen molar-refractivity contribution in [3.05, 3.63) is 16.1 Å². The number of thiazole rings is 1. The van der Waals surface area contributed by atoms with Gasteiger partial charge in [0.05, 0.1) is 11.2 Å². The fraction of sp³-hybridized carbons (Fsp3) is 0.429. The molecular weight excluding hydrogens is 160 g/mol. The van der Waals surface area contributed by atoms with Crippen LogP contribution in [-0.2, 0) is 0 Å². The van der Waals surface area contributed by atoms with Gasteiger partial charge in [-0.2, -0.15) is 0 Å². The van der Waals surface area contributed by atoms with Gasteiger partial charge in [0.1, 0.15) is 4.88 Å². The van der Waals surface area contributed by atoms with Crippen molar-refractivity contribution in [2.24, 2.45) is 0 Å². The third-order valence-electron chi connectivity index (χ3n) is 1.35. The Kier molecular flexibility index (Phi) is 2.24. The SMILES string of the molecule is Cc1ncsc1C(=O)N(C)C. The van der Waals surface area contributed by atoms with E-state index in [0.717, 1.165) is 10.6 Å². The fourth-order valence-corrected chi connectivity index (χ4v) is 1.53. The number of aromatic nitrogens is 1. The molecule has 0 radical (unpaired) electrons. The normalized spacial score (nSPS) is 9.73. The molecule has 1 rings (SSSR count). The van der Waals surface area contributed by atoms with Crippen molar-refractivity contribution >= 4 is 17.2 Å². The molecule has 0 saturated heterocycles. The van der Waals surface area contributed by atoms with Gasteiger partial charge >= 0.3 is 0 Å². The molecule has 1 aromatic heterocycles. The van der Waals surface area contributed by atoms with Crippen molar-refractivity contribution in [1.29, 1.82) is 0 Å². The van der Waals surface area contributed by atoms with Crippen molar-refractivity contribution in [2.45, 2.75) is 6.92 Å². The lowest BCUT2D eigenvalue weighted by atomic mass is 10.4. The molecule has 1 heterocycles. The van der Waals surface area contributed by atoms with E-state index < -0.39 is 0 Å². The van der Waals surface area contributed by atoms with Gasteiger partial charge in [-0.15, -0.1) is 11.3 Å². The second kappa shape index (κ2) is 3.00. The van der Waals surface area contributed by atoms with Crippen LogP contribution in [0.1, 0.15) is 15.4 Å². The number of carbonyl (C=O) groups is 1. The van der Waals surface area contributed by atoms with Gasteiger partial charge in [-0.05, 0) is 6.92 Å². The minimum atomic E-state index is 0.0324. The Hall–Kier alpha value is -0.900. The Labute approximate surface area is 69.7 Å². The highest BCUT2D eigenvalue weighted by molar-refractivity contribution is 7.11. The summed E-state index contributed by atoms with van der Waals surface area (Å²) in [6.45, 7) is 1.84. The van der Waals surface area contributed by atoms with Crippen LogP contribution in [0.4, 0.5) is 0 Å². The van der Waals surface area contributed by atoms with Gasteiger partial charge in [0.25, 0.3) is 5.91 Å². The molecule has 0 unspecified atom stereocenters. The van der Waals surface area contributed by atoms with Gasteiger partial charge < -0.3 is 4.90 Å². The maximum atomic E-state index is 11.3. The molecule has 0 N–H and O–H groups in total. The highest BCUT2D eigenvalue weighted by Crippen LogP contribution is 2.13. The van der Waals surface area contributed by atoms with Crippen LogP contribution in [-0.4, -0.2) is 29.9 Å². The van der Waals surface area contributed by atoms with E-state index in [-0.39, 0.29) is 5.91 Å². The summed E-state index contributed by atoms with van der Waals surface area (Å²) in [5.74, 6) is 0.0324. The lowest BCUT2D eigenvalue weighted by Gasteiger charge is -2.07. The zero-order chi connectivity index (χ0) is 8.43. The second-order valence-electron chi connectivity index (χ2n) is 2.47. The molecular formula is C7H10N2OS. The molecule has 0 fully saturated rings. The number of amides is 1. The molecule has 0 aromatic carbocycles. The molecule has 4 heteroatoms. The average Bonchev–Trinajstić information content (AvgIpc) is 2.33. The quantitative estimate of drug-likeness (QED) is 0.633. The predicted molar refractivity (Wildman–Crippen MR) is 44.9 cm³/mol. The molecule has 60 valence electrons. The van der Waals surface area contributed by atoms with Gasteiger partial charge in [-0.1, -0.05) is 0 Å². The van der Waals surface area contributed by atoms with Crippen LogP contribution in [0.3, 0.4) is 0 Å². The zero-order valence-corrected chi connectivity index (χ0v) is 7.60. The van der Waals surface area contributed by atoms with Crippen LogP contribution in [0.25, 0.3) is 0 Å². The van der Waals surface area contributed by atoms with Gasteiger partial charge in [-0.25, -0.2) is 4.98 Å². The first-order valence-electron chi connectivity index (χ1n) is 3.24. The first kappa shape index (κ1) is 8.20. The Morgan fingerprint density at radius 1 is 1.64 bits per heavy atom. The van der Waals surface area contributed by atoms with Crippen LogP contribution >= 0.6 is 11.3 Å². The summed E-state index contributed by atoms with van der Waals surface area (Å²) in [5, 5.41) is 0. The van der Waals surface area contributed by atoms with E-state index in [4.69, 9.17) is 0 Å². The molecule has 0 aliphatic rings. The molecule has 0 spiro atoms. The van der Waals surface area contributed by atoms with E-state index >= 15 is 0 Å². The van der Waals surface area contributed by atoms with Crippen molar-refractivity contribution < 1.29 is 4.79 Å². The van der Waals surface area contributed by atoms with Crippen molar-refractivity contribution in [3.63, 3.8) is 0 Å². The zero-order valence-electron chi connectivity index (χ0n) is 6.79. The van der Waals surface area contributed by atoms with Crippen molar-refractivity contribution in [1.82, 2.24) is 9.88 Å². The first-order chi connectivity index (χ1) is 5.13. The van der Waals surface area contributed by atoms with E-state index in [9.17, 15) is 4.79 Å². The van der Waals surface area contributed by atoms with Gasteiger partial charge in [0.15, 0.2) is 0 Å². The van der Waals surface area contributed by atoms with Crippen LogP contribution < -0.4 is 0 Å². The largest absolute Gasteiger partial charge is 0.344 e. The second-order valence-corrected chi connectivity index (χ2v) is 3.32. The minimum Gasteiger partial charge on any atom is -0.344 e. The summed E-state index contributed by atoms with van der Waals surface area (Å²) in [6.07, 6.45) is 0. The van der Waals surface area contributed by atoms with E-state index in [0.29, 0.717) is 0 Å². The number of rotatable bonds is 1. The fourth-order valence-electron chi connectivity index (χ4n) is 0.710. The topological polar surface area (TPSA) is 33.2 Å². The van der Waals surface area contributed by atoms with Crippen molar-refractivity contribution in [3.8, 4) is 0 Å². The molecule has 1 aromatic rings. The summed E-state index contributed by atoms with van der Waals surface area (Å²) < 4.78 is 0. The Balaban J connectivity index is 2.93. The minimum absolute atomic E-state index is 0.0324. The number of aryl methyl sites for hydroxylation is 1. The van der Waals surface area contributed by atoms with Crippen LogP contribution in [0.2, 0.25) is 0 Å². The first-order valence-corrected chi connectivity index (χ1v) is 4.12. The highest BCUT2D eigenvalue weighted by Gasteiger charge is 2.12. The van der Waals surface area contributed by atoms with Gasteiger partial charge in [0, 0.05) is 14.1 Å². The molecule has 0 bridgehead atoms. The van der Waals surface area contributed by atoms with Crippen molar-refractivity contribution in [2.75, 3.05) is 14.1 Å². The summed E-state index contributed by atoms with van der Waals surface area (Å²) >= 11 is 1.38. The lowest BCUT2D eigenvalue weighted by Crippen LogP contribution is -2.21. The maximum Gasteiger partial charge on any atom is 0.265 e. The number of nitrogens with zero attached hydrogens (tertiary/aromatic N) is 2. The summed E-state index contributed by atoms with van der Waals surface area (Å²) in [4.78, 5) is 17.6. The molecule has 11 heavy (non-hydrogen) atoms. The smallest absolute Gasteiger partial charge is 0.265 e. The van der Waals surface area contributed by atoms with Crippen LogP contribution in [0.15, 0.2) is 5.51 Å². The monoisotopic (exact) mass is 170 g/mol. The lowest BCUT2D eigenvalue weighted by molar-refractivity contribution is 0.0831. The third-order valence-corrected chi connectivity index (χ3v) is 2.26. The Morgan fingerprint density at radius 2 is 2.27 bits per heavy atom. The molecule has 1 amide bonds. The van der Waals surface area contributed by atoms with Gasteiger partial charge in [0.2, 0.25) is 0 Å². The van der Waals surface area contributed by atoms with E-state index in [1.807, 2.05) is 6.92 Å². The summed E-state index contributed by atoms with van der Waals surface area (Å²) in [7, 11) is 3.48. The number of hydrogen-bond donors (Lipinski definition) is 0. The van der Waals surface area contributed by atoms with E-state index in [2.05, 4.69) is 4.98 Å².